The molecule has 0 aromatic carbocycles. The van der Waals surface area contributed by atoms with Crippen LogP contribution in [0.5, 0.6) is 0 Å². The molecular weight excluding hydrogens is 303 g/mol. The van der Waals surface area contributed by atoms with Gasteiger partial charge in [-0.25, -0.2) is 0 Å². The van der Waals surface area contributed by atoms with Crippen molar-refractivity contribution in [1.82, 2.24) is 0 Å². The molecule has 0 aromatic rings. The third kappa shape index (κ3) is 9.15. The van der Waals surface area contributed by atoms with E-state index in [1.807, 2.05) is 0 Å². The zero-order chi connectivity index (χ0) is 16.4. The molecule has 0 fully saturated rings. The molecule has 0 amide bonds. The summed E-state index contributed by atoms with van der Waals surface area (Å²) in [4.78, 5) is 0. The third-order valence-corrected chi connectivity index (χ3v) is 10.7. The van der Waals surface area contributed by atoms with Crippen LogP contribution in [0.15, 0.2) is 0 Å². The SMILES string of the molecule is CCCC[P+](CCCC)(CCCC)CCC(C)S(=O)(=O)O. The molecule has 0 aliphatic heterocycles. The summed E-state index contributed by atoms with van der Waals surface area (Å²) in [5.41, 5.74) is 0. The molecule has 0 spiro atoms. The van der Waals surface area contributed by atoms with Gasteiger partial charge in [-0.2, -0.15) is 8.42 Å². The zero-order valence-electron chi connectivity index (χ0n) is 14.5. The van der Waals surface area contributed by atoms with Crippen molar-refractivity contribution in [3.63, 3.8) is 0 Å². The Hall–Kier alpha value is 0.340. The number of hydrogen-bond donors (Lipinski definition) is 1. The van der Waals surface area contributed by atoms with Gasteiger partial charge in [0.25, 0.3) is 10.1 Å². The summed E-state index contributed by atoms with van der Waals surface area (Å²) in [5.74, 6) is 0. The van der Waals surface area contributed by atoms with Crippen LogP contribution in [0.1, 0.15) is 72.6 Å². The summed E-state index contributed by atoms with van der Waals surface area (Å²) in [6.45, 7) is 8.34. The Morgan fingerprint density at radius 1 is 0.857 bits per heavy atom. The molecule has 0 saturated heterocycles. The lowest BCUT2D eigenvalue weighted by Gasteiger charge is -2.28. The van der Waals surface area contributed by atoms with Crippen LogP contribution in [0.25, 0.3) is 0 Å². The van der Waals surface area contributed by atoms with E-state index in [-0.39, 0.29) is 0 Å². The monoisotopic (exact) mass is 339 g/mol. The lowest BCUT2D eigenvalue weighted by Crippen LogP contribution is -2.21. The maximum absolute atomic E-state index is 11.3. The molecular formula is C16H36O3PS+. The van der Waals surface area contributed by atoms with Crippen LogP contribution in [0.2, 0.25) is 0 Å². The van der Waals surface area contributed by atoms with Crippen LogP contribution < -0.4 is 0 Å². The molecule has 1 N–H and O–H groups in total. The standard InChI is InChI=1S/C16H35O3PS/c1-5-8-12-20(13-9-6-2,14-10-7-3)15-11-16(4)21(17,18)19/h16H,5-15H2,1-4H3/p+1. The second kappa shape index (κ2) is 11.0. The van der Waals surface area contributed by atoms with Crippen molar-refractivity contribution < 1.29 is 13.0 Å². The summed E-state index contributed by atoms with van der Waals surface area (Å²) < 4.78 is 31.7. The van der Waals surface area contributed by atoms with Crippen molar-refractivity contribution in [2.45, 2.75) is 77.9 Å². The summed E-state index contributed by atoms with van der Waals surface area (Å²) in [7, 11) is -4.91. The molecule has 128 valence electrons. The summed E-state index contributed by atoms with van der Waals surface area (Å²) in [5, 5.41) is -0.609. The van der Waals surface area contributed by atoms with E-state index in [2.05, 4.69) is 20.8 Å². The Labute approximate surface area is 133 Å². The van der Waals surface area contributed by atoms with Crippen LogP contribution in [0.4, 0.5) is 0 Å². The Bertz CT molecular complexity index is 333. The molecule has 0 radical (unpaired) electrons. The first-order valence-corrected chi connectivity index (χ1v) is 12.7. The third-order valence-electron chi connectivity index (χ3n) is 4.48. The van der Waals surface area contributed by atoms with E-state index in [0.717, 1.165) is 6.16 Å². The normalized spacial score (nSPS) is 14.3. The number of hydrogen-bond acceptors (Lipinski definition) is 2. The predicted octanol–water partition coefficient (Wildman–Crippen LogP) is 5.07. The summed E-state index contributed by atoms with van der Waals surface area (Å²) >= 11 is 0. The largest absolute Gasteiger partial charge is 0.285 e. The second-order valence-corrected chi connectivity index (χ2v) is 12.7. The van der Waals surface area contributed by atoms with Crippen molar-refractivity contribution in [3.05, 3.63) is 0 Å². The Balaban J connectivity index is 4.85. The van der Waals surface area contributed by atoms with Crippen LogP contribution in [0.3, 0.4) is 0 Å². The molecule has 0 rings (SSSR count). The van der Waals surface area contributed by atoms with Gasteiger partial charge in [-0.15, -0.1) is 0 Å². The van der Waals surface area contributed by atoms with Gasteiger partial charge < -0.3 is 0 Å². The topological polar surface area (TPSA) is 54.4 Å². The van der Waals surface area contributed by atoms with E-state index in [0.29, 0.717) is 6.42 Å². The highest BCUT2D eigenvalue weighted by Gasteiger charge is 2.36. The minimum atomic E-state index is -3.87. The average molecular weight is 340 g/mol. The Morgan fingerprint density at radius 3 is 1.52 bits per heavy atom. The fourth-order valence-corrected chi connectivity index (χ4v) is 8.58. The predicted molar refractivity (Wildman–Crippen MR) is 96.7 cm³/mol. The van der Waals surface area contributed by atoms with Crippen molar-refractivity contribution in [1.29, 1.82) is 0 Å². The van der Waals surface area contributed by atoms with Crippen LogP contribution in [0, 0.1) is 0 Å². The van der Waals surface area contributed by atoms with E-state index in [1.165, 1.54) is 57.0 Å². The van der Waals surface area contributed by atoms with Crippen molar-refractivity contribution >= 4 is 17.4 Å². The highest BCUT2D eigenvalue weighted by molar-refractivity contribution is 7.86. The first-order chi connectivity index (χ1) is 9.81. The van der Waals surface area contributed by atoms with E-state index < -0.39 is 22.6 Å². The second-order valence-electron chi connectivity index (χ2n) is 6.41. The molecule has 1 atom stereocenters. The Kier molecular flexibility index (Phi) is 11.1. The van der Waals surface area contributed by atoms with Gasteiger partial charge in [0.15, 0.2) is 0 Å². The zero-order valence-corrected chi connectivity index (χ0v) is 16.2. The van der Waals surface area contributed by atoms with Gasteiger partial charge in [0.05, 0.1) is 29.9 Å². The Morgan fingerprint density at radius 2 is 1.24 bits per heavy atom. The average Bonchev–Trinajstić information content (AvgIpc) is 2.44. The molecule has 0 aliphatic rings. The molecule has 21 heavy (non-hydrogen) atoms. The molecule has 3 nitrogen and oxygen atoms in total. The maximum atomic E-state index is 11.3. The minimum Gasteiger partial charge on any atom is -0.285 e. The van der Waals surface area contributed by atoms with E-state index in [4.69, 9.17) is 0 Å². The van der Waals surface area contributed by atoms with Gasteiger partial charge in [0.2, 0.25) is 0 Å². The van der Waals surface area contributed by atoms with Crippen LogP contribution in [-0.2, 0) is 10.1 Å². The van der Waals surface area contributed by atoms with E-state index >= 15 is 0 Å². The summed E-state index contributed by atoms with van der Waals surface area (Å²) in [6, 6.07) is 0. The highest BCUT2D eigenvalue weighted by atomic mass is 32.2. The molecule has 1 unspecified atom stereocenters. The first kappa shape index (κ1) is 21.3. The molecule has 0 aromatic heterocycles. The summed E-state index contributed by atoms with van der Waals surface area (Å²) in [6.07, 6.45) is 13.0. The lowest BCUT2D eigenvalue weighted by molar-refractivity contribution is 0.468. The van der Waals surface area contributed by atoms with Gasteiger partial charge in [-0.1, -0.05) is 40.0 Å². The first-order valence-electron chi connectivity index (χ1n) is 8.62. The maximum Gasteiger partial charge on any atom is 0.267 e. The van der Waals surface area contributed by atoms with Crippen molar-refractivity contribution in [2.24, 2.45) is 0 Å². The smallest absolute Gasteiger partial charge is 0.267 e. The number of rotatable bonds is 13. The van der Waals surface area contributed by atoms with E-state index in [1.54, 1.807) is 6.92 Å². The fourth-order valence-electron chi connectivity index (χ4n) is 2.76. The van der Waals surface area contributed by atoms with Gasteiger partial charge in [0, 0.05) is 7.26 Å². The van der Waals surface area contributed by atoms with Crippen LogP contribution >= 0.6 is 7.26 Å². The molecule has 0 heterocycles. The van der Waals surface area contributed by atoms with Gasteiger partial charge in [0.1, 0.15) is 0 Å². The van der Waals surface area contributed by atoms with Crippen molar-refractivity contribution in [3.8, 4) is 0 Å². The quantitative estimate of drug-likeness (QED) is 0.376. The molecule has 0 saturated carbocycles. The van der Waals surface area contributed by atoms with Gasteiger partial charge >= 0.3 is 0 Å². The fraction of sp³-hybridized carbons (Fsp3) is 1.00. The molecule has 5 heteroatoms. The van der Waals surface area contributed by atoms with Crippen LogP contribution in [-0.4, -0.2) is 42.9 Å². The van der Waals surface area contributed by atoms with Crippen molar-refractivity contribution in [2.75, 3.05) is 24.6 Å². The highest BCUT2D eigenvalue weighted by Crippen LogP contribution is 2.61. The van der Waals surface area contributed by atoms with Gasteiger partial charge in [-0.3, -0.25) is 4.55 Å². The van der Waals surface area contributed by atoms with E-state index in [9.17, 15) is 13.0 Å². The minimum absolute atomic E-state index is 0.609. The molecule has 0 aliphatic carbocycles. The lowest BCUT2D eigenvalue weighted by atomic mass is 10.4. The molecule has 0 bridgehead atoms. The van der Waals surface area contributed by atoms with Gasteiger partial charge in [-0.05, 0) is 32.6 Å². The number of unbranched alkanes of at least 4 members (excludes halogenated alkanes) is 3.